The zero-order chi connectivity index (χ0) is 11.6. The van der Waals surface area contributed by atoms with Crippen molar-refractivity contribution in [2.24, 2.45) is 5.41 Å². The van der Waals surface area contributed by atoms with Crippen molar-refractivity contribution in [3.8, 4) is 0 Å². The second kappa shape index (κ2) is 4.28. The van der Waals surface area contributed by atoms with E-state index in [9.17, 15) is 9.59 Å². The van der Waals surface area contributed by atoms with Crippen LogP contribution in [0.15, 0.2) is 12.2 Å². The number of hydrogen-bond acceptors (Lipinski definition) is 3. The molecule has 0 saturated carbocycles. The van der Waals surface area contributed by atoms with Gasteiger partial charge in [-0.25, -0.2) is 0 Å². The zero-order valence-electron chi connectivity index (χ0n) is 9.57. The Hall–Kier alpha value is -1.32. The van der Waals surface area contributed by atoms with Crippen LogP contribution in [-0.4, -0.2) is 37.0 Å². The molecule has 2 bridgehead atoms. The van der Waals surface area contributed by atoms with Gasteiger partial charge in [-0.15, -0.1) is 0 Å². The maximum absolute atomic E-state index is 12.3. The van der Waals surface area contributed by atoms with E-state index in [2.05, 4.69) is 0 Å². The van der Waals surface area contributed by atoms with Crippen LogP contribution >= 0.6 is 0 Å². The van der Waals surface area contributed by atoms with E-state index in [-0.39, 0.29) is 11.9 Å². The summed E-state index contributed by atoms with van der Waals surface area (Å²) in [6.07, 6.45) is 6.84. The number of nitrogens with zero attached hydrogens (tertiary/aromatic N) is 1. The standard InChI is InChI=1S/C12H17NO3/c1-16-11(15)12-6-3-2-4-8-13(10(12)14)9-5-7-12/h2-3H,4-9H2,1H3/b3-2-/t12-/m0/s1. The fraction of sp³-hybridized carbons (Fsp3) is 0.667. The van der Waals surface area contributed by atoms with Gasteiger partial charge in [-0.2, -0.15) is 0 Å². The average molecular weight is 223 g/mol. The highest BCUT2D eigenvalue weighted by Gasteiger charge is 2.50. The first-order valence-corrected chi connectivity index (χ1v) is 5.73. The third-order valence-corrected chi connectivity index (χ3v) is 3.50. The number of ether oxygens (including phenoxy) is 1. The number of methoxy groups -OCH3 is 1. The topological polar surface area (TPSA) is 46.6 Å². The normalized spacial score (nSPS) is 31.6. The van der Waals surface area contributed by atoms with Gasteiger partial charge in [-0.05, 0) is 25.7 Å². The van der Waals surface area contributed by atoms with E-state index in [4.69, 9.17) is 4.74 Å². The molecule has 16 heavy (non-hydrogen) atoms. The highest BCUT2D eigenvalue weighted by Crippen LogP contribution is 2.37. The first kappa shape index (κ1) is 11.2. The predicted octanol–water partition coefficient (Wildman–Crippen LogP) is 1.12. The van der Waals surface area contributed by atoms with Crippen molar-refractivity contribution in [1.29, 1.82) is 0 Å². The number of fused-ring (bicyclic) bond motifs is 2. The van der Waals surface area contributed by atoms with Gasteiger partial charge in [0.05, 0.1) is 7.11 Å². The molecule has 0 aromatic carbocycles. The Bertz CT molecular complexity index is 337. The van der Waals surface area contributed by atoms with Crippen LogP contribution in [0.4, 0.5) is 0 Å². The minimum absolute atomic E-state index is 0.0463. The fourth-order valence-electron chi connectivity index (χ4n) is 2.59. The summed E-state index contributed by atoms with van der Waals surface area (Å²) in [5.41, 5.74) is -0.941. The molecule has 0 unspecified atom stereocenters. The Morgan fingerprint density at radius 3 is 3.00 bits per heavy atom. The molecule has 2 aliphatic rings. The summed E-state index contributed by atoms with van der Waals surface area (Å²) in [7, 11) is 1.35. The lowest BCUT2D eigenvalue weighted by Crippen LogP contribution is -2.53. The van der Waals surface area contributed by atoms with Crippen molar-refractivity contribution >= 4 is 11.9 Å². The van der Waals surface area contributed by atoms with E-state index in [1.54, 1.807) is 4.90 Å². The number of carbonyl (C=O) groups excluding carboxylic acids is 2. The Morgan fingerprint density at radius 2 is 2.25 bits per heavy atom. The Kier molecular flexibility index (Phi) is 2.99. The maximum Gasteiger partial charge on any atom is 0.321 e. The summed E-state index contributed by atoms with van der Waals surface area (Å²) in [5, 5.41) is 0. The molecular formula is C12H17NO3. The Labute approximate surface area is 95.2 Å². The van der Waals surface area contributed by atoms with Crippen LogP contribution in [-0.2, 0) is 14.3 Å². The summed E-state index contributed by atoms with van der Waals surface area (Å²) in [6.45, 7) is 1.49. The Balaban J connectivity index is 2.36. The molecule has 0 aromatic heterocycles. The van der Waals surface area contributed by atoms with Crippen LogP contribution < -0.4 is 0 Å². The van der Waals surface area contributed by atoms with Crippen LogP contribution in [0.5, 0.6) is 0 Å². The highest BCUT2D eigenvalue weighted by molar-refractivity contribution is 6.03. The van der Waals surface area contributed by atoms with E-state index < -0.39 is 5.41 Å². The van der Waals surface area contributed by atoms with Crippen molar-refractivity contribution in [2.45, 2.75) is 25.7 Å². The second-order valence-electron chi connectivity index (χ2n) is 4.43. The second-order valence-corrected chi connectivity index (χ2v) is 4.43. The van der Waals surface area contributed by atoms with Crippen molar-refractivity contribution in [3.05, 3.63) is 12.2 Å². The quantitative estimate of drug-likeness (QED) is 0.380. The lowest BCUT2D eigenvalue weighted by Gasteiger charge is -2.40. The van der Waals surface area contributed by atoms with Crippen LogP contribution in [0.25, 0.3) is 0 Å². The summed E-state index contributed by atoms with van der Waals surface area (Å²) in [5.74, 6) is -0.427. The summed E-state index contributed by atoms with van der Waals surface area (Å²) in [6, 6.07) is 0. The third kappa shape index (κ3) is 1.62. The number of esters is 1. The molecule has 1 saturated heterocycles. The monoisotopic (exact) mass is 223 g/mol. The molecule has 1 fully saturated rings. The number of hydrogen-bond donors (Lipinski definition) is 0. The molecule has 2 rings (SSSR count). The predicted molar refractivity (Wildman–Crippen MR) is 58.6 cm³/mol. The van der Waals surface area contributed by atoms with Gasteiger partial charge in [0.2, 0.25) is 5.91 Å². The molecule has 4 nitrogen and oxygen atoms in total. The number of carbonyl (C=O) groups is 2. The zero-order valence-corrected chi connectivity index (χ0v) is 9.57. The largest absolute Gasteiger partial charge is 0.468 e. The van der Waals surface area contributed by atoms with Gasteiger partial charge < -0.3 is 9.64 Å². The first-order valence-electron chi connectivity index (χ1n) is 5.73. The SMILES string of the molecule is COC(=O)[C@@]12C/C=C\CCN(CCC1)C2=O. The van der Waals surface area contributed by atoms with Crippen LogP contribution in [0, 0.1) is 5.41 Å². The van der Waals surface area contributed by atoms with Gasteiger partial charge in [-0.3, -0.25) is 9.59 Å². The third-order valence-electron chi connectivity index (χ3n) is 3.50. The molecular weight excluding hydrogens is 206 g/mol. The maximum atomic E-state index is 12.3. The molecule has 1 atom stereocenters. The summed E-state index contributed by atoms with van der Waals surface area (Å²) >= 11 is 0. The smallest absolute Gasteiger partial charge is 0.321 e. The van der Waals surface area contributed by atoms with E-state index >= 15 is 0 Å². The van der Waals surface area contributed by atoms with E-state index in [1.165, 1.54) is 7.11 Å². The van der Waals surface area contributed by atoms with Gasteiger partial charge in [0.1, 0.15) is 5.41 Å². The number of piperidine rings is 1. The van der Waals surface area contributed by atoms with E-state index in [0.29, 0.717) is 19.4 Å². The number of rotatable bonds is 1. The van der Waals surface area contributed by atoms with E-state index in [0.717, 1.165) is 19.4 Å². The molecule has 2 aliphatic heterocycles. The van der Waals surface area contributed by atoms with Gasteiger partial charge >= 0.3 is 5.97 Å². The van der Waals surface area contributed by atoms with Crippen LogP contribution in [0.1, 0.15) is 25.7 Å². The lowest BCUT2D eigenvalue weighted by atomic mass is 9.75. The van der Waals surface area contributed by atoms with Gasteiger partial charge in [0.15, 0.2) is 0 Å². The van der Waals surface area contributed by atoms with Gasteiger partial charge in [0, 0.05) is 13.1 Å². The molecule has 4 heteroatoms. The highest BCUT2D eigenvalue weighted by atomic mass is 16.5. The first-order chi connectivity index (χ1) is 7.70. The molecule has 0 N–H and O–H groups in total. The molecule has 0 spiro atoms. The fourth-order valence-corrected chi connectivity index (χ4v) is 2.59. The summed E-state index contributed by atoms with van der Waals surface area (Å²) in [4.78, 5) is 26.0. The van der Waals surface area contributed by atoms with Crippen molar-refractivity contribution < 1.29 is 14.3 Å². The molecule has 88 valence electrons. The van der Waals surface area contributed by atoms with Gasteiger partial charge in [-0.1, -0.05) is 12.2 Å². The molecule has 2 heterocycles. The van der Waals surface area contributed by atoms with Crippen molar-refractivity contribution in [3.63, 3.8) is 0 Å². The number of amides is 1. The minimum atomic E-state index is -0.941. The van der Waals surface area contributed by atoms with E-state index in [1.807, 2.05) is 12.2 Å². The van der Waals surface area contributed by atoms with Crippen LogP contribution in [0.2, 0.25) is 0 Å². The summed E-state index contributed by atoms with van der Waals surface area (Å²) < 4.78 is 4.81. The average Bonchev–Trinajstić information content (AvgIpc) is 2.31. The van der Waals surface area contributed by atoms with Gasteiger partial charge in [0.25, 0.3) is 0 Å². The van der Waals surface area contributed by atoms with Crippen LogP contribution in [0.3, 0.4) is 0 Å². The van der Waals surface area contributed by atoms with Crippen molar-refractivity contribution in [1.82, 2.24) is 4.90 Å². The molecule has 0 radical (unpaired) electrons. The minimum Gasteiger partial charge on any atom is -0.468 e. The Morgan fingerprint density at radius 1 is 1.44 bits per heavy atom. The lowest BCUT2D eigenvalue weighted by molar-refractivity contribution is -0.167. The molecule has 1 amide bonds. The van der Waals surface area contributed by atoms with Crippen molar-refractivity contribution in [2.75, 3.05) is 20.2 Å². The number of allylic oxidation sites excluding steroid dienone is 1. The molecule has 0 aromatic rings. The molecule has 0 aliphatic carbocycles.